The molecule has 1 rings (SSSR count). The molecule has 0 heterocycles. The zero-order chi connectivity index (χ0) is 16.7. The summed E-state index contributed by atoms with van der Waals surface area (Å²) in [4.78, 5) is 33.2. The fraction of sp³-hybridized carbons (Fsp3) is 0.308. The van der Waals surface area contributed by atoms with Gasteiger partial charge in [-0.2, -0.15) is 5.10 Å². The molecule has 0 fully saturated rings. The molecule has 2 amide bonds. The van der Waals surface area contributed by atoms with Crippen molar-refractivity contribution in [3.05, 3.63) is 38.9 Å². The number of benzene rings is 1. The van der Waals surface area contributed by atoms with Crippen LogP contribution in [0.25, 0.3) is 0 Å². The van der Waals surface area contributed by atoms with Gasteiger partial charge in [-0.1, -0.05) is 11.6 Å². The minimum Gasteiger partial charge on any atom is -0.356 e. The summed E-state index contributed by atoms with van der Waals surface area (Å²) < 4.78 is 0. The van der Waals surface area contributed by atoms with E-state index in [1.54, 1.807) is 13.8 Å². The Morgan fingerprint density at radius 3 is 2.64 bits per heavy atom. The van der Waals surface area contributed by atoms with E-state index in [0.29, 0.717) is 12.3 Å². The first kappa shape index (κ1) is 17.6. The number of carbonyl (C=O) groups excluding carboxylic acids is 2. The van der Waals surface area contributed by atoms with Gasteiger partial charge in [-0.15, -0.1) is 0 Å². The summed E-state index contributed by atoms with van der Waals surface area (Å²) in [5.74, 6) is -0.775. The van der Waals surface area contributed by atoms with Crippen molar-refractivity contribution < 1.29 is 14.5 Å². The molecular formula is C13H15ClN4O4. The van der Waals surface area contributed by atoms with Gasteiger partial charge in [0.25, 0.3) is 11.6 Å². The number of halogens is 1. The highest BCUT2D eigenvalue weighted by atomic mass is 35.5. The van der Waals surface area contributed by atoms with Crippen LogP contribution in [0.4, 0.5) is 5.69 Å². The molecule has 0 aliphatic rings. The van der Waals surface area contributed by atoms with E-state index in [4.69, 9.17) is 11.6 Å². The Bertz CT molecular complexity index is 630. The maximum absolute atomic E-state index is 11.8. The van der Waals surface area contributed by atoms with Gasteiger partial charge in [-0.3, -0.25) is 19.7 Å². The number of hydrogen-bond donors (Lipinski definition) is 2. The molecule has 1 aromatic rings. The molecule has 118 valence electrons. The highest BCUT2D eigenvalue weighted by molar-refractivity contribution is 6.33. The quantitative estimate of drug-likeness (QED) is 0.472. The minimum absolute atomic E-state index is 0.0646. The minimum atomic E-state index is -0.640. The molecule has 0 aliphatic heterocycles. The van der Waals surface area contributed by atoms with E-state index in [1.807, 2.05) is 0 Å². The molecule has 0 saturated heterocycles. The molecule has 8 nitrogen and oxygen atoms in total. The van der Waals surface area contributed by atoms with Gasteiger partial charge in [0.2, 0.25) is 5.91 Å². The lowest BCUT2D eigenvalue weighted by atomic mass is 10.2. The summed E-state index contributed by atoms with van der Waals surface area (Å²) >= 11 is 5.72. The molecular weight excluding hydrogens is 312 g/mol. The number of nitro benzene ring substituents is 1. The Hall–Kier alpha value is -2.48. The summed E-state index contributed by atoms with van der Waals surface area (Å²) in [7, 11) is 0. The van der Waals surface area contributed by atoms with E-state index >= 15 is 0 Å². The predicted octanol–water partition coefficient (Wildman–Crippen LogP) is 1.88. The number of nitrogens with zero attached hydrogens (tertiary/aromatic N) is 2. The molecule has 0 aliphatic carbocycles. The first-order valence-corrected chi connectivity index (χ1v) is 6.77. The van der Waals surface area contributed by atoms with E-state index in [2.05, 4.69) is 15.8 Å². The number of hydrogen-bond acceptors (Lipinski definition) is 5. The highest BCUT2D eigenvalue weighted by Gasteiger charge is 2.15. The molecule has 0 saturated carbocycles. The van der Waals surface area contributed by atoms with Crippen LogP contribution in [0.3, 0.4) is 0 Å². The van der Waals surface area contributed by atoms with Gasteiger partial charge >= 0.3 is 0 Å². The Morgan fingerprint density at radius 2 is 2.09 bits per heavy atom. The van der Waals surface area contributed by atoms with E-state index in [-0.39, 0.29) is 28.6 Å². The van der Waals surface area contributed by atoms with Crippen molar-refractivity contribution in [3.63, 3.8) is 0 Å². The Balaban J connectivity index is 2.71. The van der Waals surface area contributed by atoms with Gasteiger partial charge in [0.15, 0.2) is 0 Å². The van der Waals surface area contributed by atoms with Crippen molar-refractivity contribution >= 4 is 34.8 Å². The molecule has 0 unspecified atom stereocenters. The van der Waals surface area contributed by atoms with Crippen LogP contribution in [0, 0.1) is 10.1 Å². The van der Waals surface area contributed by atoms with Crippen LogP contribution in [-0.4, -0.2) is 29.0 Å². The molecule has 0 atom stereocenters. The second-order valence-electron chi connectivity index (χ2n) is 4.34. The predicted molar refractivity (Wildman–Crippen MR) is 82.0 cm³/mol. The fourth-order valence-electron chi connectivity index (χ4n) is 1.54. The van der Waals surface area contributed by atoms with Crippen LogP contribution < -0.4 is 10.7 Å². The monoisotopic (exact) mass is 326 g/mol. The summed E-state index contributed by atoms with van der Waals surface area (Å²) in [5, 5.41) is 16.9. The van der Waals surface area contributed by atoms with Crippen molar-refractivity contribution in [1.82, 2.24) is 10.7 Å². The van der Waals surface area contributed by atoms with Gasteiger partial charge < -0.3 is 5.32 Å². The van der Waals surface area contributed by atoms with Crippen molar-refractivity contribution in [2.75, 3.05) is 6.54 Å². The second-order valence-corrected chi connectivity index (χ2v) is 4.75. The SMILES string of the molecule is CCNC(=O)C/C(C)=N\NC(=O)c1ccc([N+](=O)[O-])c(Cl)c1. The topological polar surface area (TPSA) is 114 Å². The van der Waals surface area contributed by atoms with Crippen LogP contribution in [0.5, 0.6) is 0 Å². The van der Waals surface area contributed by atoms with Gasteiger partial charge in [0, 0.05) is 23.9 Å². The molecule has 22 heavy (non-hydrogen) atoms. The maximum atomic E-state index is 11.8. The molecule has 9 heteroatoms. The van der Waals surface area contributed by atoms with Crippen LogP contribution in [-0.2, 0) is 4.79 Å². The fourth-order valence-corrected chi connectivity index (χ4v) is 1.79. The van der Waals surface area contributed by atoms with Crippen molar-refractivity contribution in [3.8, 4) is 0 Å². The van der Waals surface area contributed by atoms with Gasteiger partial charge in [0.1, 0.15) is 5.02 Å². The largest absolute Gasteiger partial charge is 0.356 e. The third-order valence-corrected chi connectivity index (χ3v) is 2.85. The number of amides is 2. The molecule has 0 spiro atoms. The van der Waals surface area contributed by atoms with Crippen molar-refractivity contribution in [1.29, 1.82) is 0 Å². The van der Waals surface area contributed by atoms with Crippen molar-refractivity contribution in [2.24, 2.45) is 5.10 Å². The first-order valence-electron chi connectivity index (χ1n) is 6.39. The second kappa shape index (κ2) is 8.08. The maximum Gasteiger partial charge on any atom is 0.287 e. The molecule has 2 N–H and O–H groups in total. The van der Waals surface area contributed by atoms with Crippen LogP contribution in [0.2, 0.25) is 5.02 Å². The lowest BCUT2D eigenvalue weighted by Crippen LogP contribution is -2.26. The Morgan fingerprint density at radius 1 is 1.41 bits per heavy atom. The summed E-state index contributed by atoms with van der Waals surface area (Å²) in [5.41, 5.74) is 2.53. The van der Waals surface area contributed by atoms with Crippen LogP contribution in [0.15, 0.2) is 23.3 Å². The van der Waals surface area contributed by atoms with Gasteiger partial charge in [-0.25, -0.2) is 5.43 Å². The van der Waals surface area contributed by atoms with Crippen LogP contribution >= 0.6 is 11.6 Å². The Labute approximate surface area is 131 Å². The van der Waals surface area contributed by atoms with E-state index in [9.17, 15) is 19.7 Å². The number of rotatable bonds is 6. The third kappa shape index (κ3) is 5.13. The average molecular weight is 327 g/mol. The zero-order valence-corrected chi connectivity index (χ0v) is 12.8. The number of nitrogens with one attached hydrogen (secondary N) is 2. The van der Waals surface area contributed by atoms with Gasteiger partial charge in [0.05, 0.1) is 11.3 Å². The van der Waals surface area contributed by atoms with Crippen LogP contribution in [0.1, 0.15) is 30.6 Å². The average Bonchev–Trinajstić information content (AvgIpc) is 2.44. The zero-order valence-electron chi connectivity index (χ0n) is 12.1. The van der Waals surface area contributed by atoms with Crippen molar-refractivity contribution in [2.45, 2.75) is 20.3 Å². The van der Waals surface area contributed by atoms with Gasteiger partial charge in [-0.05, 0) is 26.0 Å². The summed E-state index contributed by atoms with van der Waals surface area (Å²) in [6.07, 6.45) is 0.0646. The molecule has 0 aromatic heterocycles. The first-order chi connectivity index (χ1) is 10.3. The number of nitro groups is 1. The van der Waals surface area contributed by atoms with E-state index in [0.717, 1.165) is 6.07 Å². The molecule has 0 radical (unpaired) electrons. The Kier molecular flexibility index (Phi) is 6.46. The third-order valence-electron chi connectivity index (χ3n) is 2.55. The normalized spacial score (nSPS) is 11.0. The standard InChI is InChI=1S/C13H15ClN4O4/c1-3-15-12(19)6-8(2)16-17-13(20)9-4-5-11(18(21)22)10(14)7-9/h4-5,7H,3,6H2,1-2H3,(H,15,19)(H,17,20)/b16-8-. The van der Waals surface area contributed by atoms with E-state index in [1.165, 1.54) is 12.1 Å². The molecule has 0 bridgehead atoms. The molecule has 1 aromatic carbocycles. The summed E-state index contributed by atoms with van der Waals surface area (Å²) in [6.45, 7) is 3.91. The lowest BCUT2D eigenvalue weighted by Gasteiger charge is -2.04. The number of carbonyl (C=O) groups is 2. The number of hydrazone groups is 1. The lowest BCUT2D eigenvalue weighted by molar-refractivity contribution is -0.384. The smallest absolute Gasteiger partial charge is 0.287 e. The summed E-state index contributed by atoms with van der Waals surface area (Å²) in [6, 6.07) is 3.60. The highest BCUT2D eigenvalue weighted by Crippen LogP contribution is 2.24. The van der Waals surface area contributed by atoms with E-state index < -0.39 is 10.8 Å².